The Morgan fingerprint density at radius 1 is 1.42 bits per heavy atom. The molecule has 12 heavy (non-hydrogen) atoms. The molecule has 0 fully saturated rings. The van der Waals surface area contributed by atoms with Crippen LogP contribution < -0.4 is 0 Å². The molecule has 0 aliphatic heterocycles. The Morgan fingerprint density at radius 3 is 2.50 bits per heavy atom. The van der Waals surface area contributed by atoms with Gasteiger partial charge in [0.05, 0.1) is 0 Å². The zero-order chi connectivity index (χ0) is 8.97. The minimum atomic E-state index is -0.202. The van der Waals surface area contributed by atoms with Crippen molar-refractivity contribution in [3.63, 3.8) is 0 Å². The van der Waals surface area contributed by atoms with E-state index in [4.69, 9.17) is 6.42 Å². The van der Waals surface area contributed by atoms with Gasteiger partial charge in [0, 0.05) is 6.42 Å². The van der Waals surface area contributed by atoms with Crippen molar-refractivity contribution in [1.29, 1.82) is 0 Å². The van der Waals surface area contributed by atoms with Gasteiger partial charge in [-0.2, -0.15) is 0 Å². The molecule has 0 heterocycles. The second-order valence-electron chi connectivity index (χ2n) is 2.86. The van der Waals surface area contributed by atoms with Gasteiger partial charge in [0.25, 0.3) is 0 Å². The van der Waals surface area contributed by atoms with Crippen LogP contribution in [0.2, 0.25) is 0 Å². The Bertz CT molecular complexity index is 279. The van der Waals surface area contributed by atoms with Crippen molar-refractivity contribution < 1.29 is 4.39 Å². The molecule has 0 saturated carbocycles. The Morgan fingerprint density at radius 2 is 2.00 bits per heavy atom. The molecule has 0 aliphatic carbocycles. The van der Waals surface area contributed by atoms with E-state index in [1.165, 1.54) is 12.1 Å². The lowest BCUT2D eigenvalue weighted by atomic mass is 9.98. The van der Waals surface area contributed by atoms with Crippen LogP contribution in [0.1, 0.15) is 24.8 Å². The molecule has 0 bridgehead atoms. The zero-order valence-electron chi connectivity index (χ0n) is 7.05. The van der Waals surface area contributed by atoms with E-state index in [-0.39, 0.29) is 5.82 Å². The van der Waals surface area contributed by atoms with Crippen LogP contribution in [0.15, 0.2) is 24.3 Å². The summed E-state index contributed by atoms with van der Waals surface area (Å²) in [6.45, 7) is 2.03. The number of terminal acetylenes is 1. The van der Waals surface area contributed by atoms with E-state index in [9.17, 15) is 4.39 Å². The molecule has 1 rings (SSSR count). The second-order valence-corrected chi connectivity index (χ2v) is 2.86. The van der Waals surface area contributed by atoms with E-state index in [0.29, 0.717) is 12.3 Å². The first-order chi connectivity index (χ1) is 5.74. The SMILES string of the molecule is C#CCC(C)c1ccc(F)cc1. The molecule has 0 N–H and O–H groups in total. The first-order valence-electron chi connectivity index (χ1n) is 3.93. The number of halogens is 1. The third-order valence-corrected chi connectivity index (χ3v) is 1.86. The summed E-state index contributed by atoms with van der Waals surface area (Å²) in [5, 5.41) is 0. The van der Waals surface area contributed by atoms with E-state index in [1.54, 1.807) is 12.1 Å². The van der Waals surface area contributed by atoms with Crippen LogP contribution in [0.4, 0.5) is 4.39 Å². The fraction of sp³-hybridized carbons (Fsp3) is 0.273. The first kappa shape index (κ1) is 8.80. The molecule has 1 heteroatoms. The van der Waals surface area contributed by atoms with Gasteiger partial charge in [-0.1, -0.05) is 19.1 Å². The summed E-state index contributed by atoms with van der Waals surface area (Å²) in [6, 6.07) is 6.47. The third kappa shape index (κ3) is 2.10. The summed E-state index contributed by atoms with van der Waals surface area (Å²) >= 11 is 0. The lowest BCUT2D eigenvalue weighted by molar-refractivity contribution is 0.625. The van der Waals surface area contributed by atoms with Gasteiger partial charge >= 0.3 is 0 Å². The van der Waals surface area contributed by atoms with E-state index < -0.39 is 0 Å². The van der Waals surface area contributed by atoms with Gasteiger partial charge in [-0.3, -0.25) is 0 Å². The molecule has 0 aromatic heterocycles. The van der Waals surface area contributed by atoms with Crippen molar-refractivity contribution in [2.45, 2.75) is 19.3 Å². The fourth-order valence-electron chi connectivity index (χ4n) is 1.09. The maximum atomic E-state index is 12.5. The highest BCUT2D eigenvalue weighted by Gasteiger charge is 2.02. The van der Waals surface area contributed by atoms with Crippen LogP contribution in [0.3, 0.4) is 0 Å². The van der Waals surface area contributed by atoms with Crippen molar-refractivity contribution in [1.82, 2.24) is 0 Å². The topological polar surface area (TPSA) is 0 Å². The van der Waals surface area contributed by atoms with Crippen molar-refractivity contribution in [3.05, 3.63) is 35.6 Å². The highest BCUT2D eigenvalue weighted by atomic mass is 19.1. The van der Waals surface area contributed by atoms with E-state index in [1.807, 2.05) is 6.92 Å². The maximum absolute atomic E-state index is 12.5. The number of hydrogen-bond acceptors (Lipinski definition) is 0. The molecule has 0 radical (unpaired) electrons. The maximum Gasteiger partial charge on any atom is 0.123 e. The lowest BCUT2D eigenvalue weighted by Gasteiger charge is -2.06. The summed E-state index contributed by atoms with van der Waals surface area (Å²) in [4.78, 5) is 0. The minimum Gasteiger partial charge on any atom is -0.207 e. The van der Waals surface area contributed by atoms with Crippen molar-refractivity contribution in [3.8, 4) is 12.3 Å². The lowest BCUT2D eigenvalue weighted by Crippen LogP contribution is -1.91. The Kier molecular flexibility index (Phi) is 2.88. The van der Waals surface area contributed by atoms with Crippen LogP contribution in [0.5, 0.6) is 0 Å². The van der Waals surface area contributed by atoms with Gasteiger partial charge in [0.15, 0.2) is 0 Å². The predicted octanol–water partition coefficient (Wildman–Crippen LogP) is 2.95. The zero-order valence-corrected chi connectivity index (χ0v) is 7.05. The van der Waals surface area contributed by atoms with E-state index >= 15 is 0 Å². The average Bonchev–Trinajstić information content (AvgIpc) is 2.06. The molecule has 62 valence electrons. The monoisotopic (exact) mass is 162 g/mol. The third-order valence-electron chi connectivity index (χ3n) is 1.86. The molecule has 0 aliphatic rings. The fourth-order valence-corrected chi connectivity index (χ4v) is 1.09. The van der Waals surface area contributed by atoms with Crippen molar-refractivity contribution >= 4 is 0 Å². The summed E-state index contributed by atoms with van der Waals surface area (Å²) in [6.07, 6.45) is 5.87. The number of rotatable bonds is 2. The van der Waals surface area contributed by atoms with Gasteiger partial charge in [-0.25, -0.2) is 4.39 Å². The number of hydrogen-bond donors (Lipinski definition) is 0. The largest absolute Gasteiger partial charge is 0.207 e. The summed E-state index contributed by atoms with van der Waals surface area (Å²) in [5.41, 5.74) is 1.09. The quantitative estimate of drug-likeness (QED) is 0.586. The predicted molar refractivity (Wildman–Crippen MR) is 48.3 cm³/mol. The van der Waals surface area contributed by atoms with Gasteiger partial charge in [0.2, 0.25) is 0 Å². The summed E-state index contributed by atoms with van der Waals surface area (Å²) in [5.74, 6) is 2.70. The molecule has 1 unspecified atom stereocenters. The van der Waals surface area contributed by atoms with Crippen LogP contribution in [-0.4, -0.2) is 0 Å². The van der Waals surface area contributed by atoms with Crippen molar-refractivity contribution in [2.75, 3.05) is 0 Å². The van der Waals surface area contributed by atoms with Crippen LogP contribution in [0.25, 0.3) is 0 Å². The molecule has 0 amide bonds. The van der Waals surface area contributed by atoms with Crippen LogP contribution >= 0.6 is 0 Å². The van der Waals surface area contributed by atoms with Crippen LogP contribution in [0, 0.1) is 18.2 Å². The smallest absolute Gasteiger partial charge is 0.123 e. The molecular formula is C11H11F. The van der Waals surface area contributed by atoms with E-state index in [2.05, 4.69) is 5.92 Å². The molecule has 0 nitrogen and oxygen atoms in total. The van der Waals surface area contributed by atoms with Gasteiger partial charge in [0.1, 0.15) is 5.82 Å². The second kappa shape index (κ2) is 3.92. The molecule has 1 atom stereocenters. The minimum absolute atomic E-state index is 0.202. The average molecular weight is 162 g/mol. The Balaban J connectivity index is 2.76. The molecular weight excluding hydrogens is 151 g/mol. The Hall–Kier alpha value is -1.29. The van der Waals surface area contributed by atoms with E-state index in [0.717, 1.165) is 5.56 Å². The molecule has 0 spiro atoms. The van der Waals surface area contributed by atoms with Crippen molar-refractivity contribution in [2.24, 2.45) is 0 Å². The normalized spacial score (nSPS) is 12.1. The van der Waals surface area contributed by atoms with Gasteiger partial charge in [-0.15, -0.1) is 12.3 Å². The molecule has 1 aromatic carbocycles. The summed E-state index contributed by atoms with van der Waals surface area (Å²) in [7, 11) is 0. The highest BCUT2D eigenvalue weighted by molar-refractivity contribution is 5.20. The first-order valence-corrected chi connectivity index (χ1v) is 3.93. The molecule has 0 saturated heterocycles. The molecule has 1 aromatic rings. The van der Waals surface area contributed by atoms with Crippen LogP contribution in [-0.2, 0) is 0 Å². The summed E-state index contributed by atoms with van der Waals surface area (Å²) < 4.78 is 12.5. The number of benzene rings is 1. The Labute approximate surface area is 72.4 Å². The standard InChI is InChI=1S/C11H11F/c1-3-4-9(2)10-5-7-11(12)8-6-10/h1,5-9H,4H2,2H3. The van der Waals surface area contributed by atoms with Gasteiger partial charge < -0.3 is 0 Å². The highest BCUT2D eigenvalue weighted by Crippen LogP contribution is 2.18. The van der Waals surface area contributed by atoms with Gasteiger partial charge in [-0.05, 0) is 23.6 Å².